The summed E-state index contributed by atoms with van der Waals surface area (Å²) >= 11 is 1.24. The number of methoxy groups -OCH3 is 1. The van der Waals surface area contributed by atoms with Gasteiger partial charge in [0.15, 0.2) is 0 Å². The number of rotatable bonds is 2. The van der Waals surface area contributed by atoms with Crippen LogP contribution in [0.2, 0.25) is 0 Å². The number of hydrogen-bond donors (Lipinski definition) is 0. The summed E-state index contributed by atoms with van der Waals surface area (Å²) in [5.74, 6) is -0.421. The highest BCUT2D eigenvalue weighted by Crippen LogP contribution is 2.20. The van der Waals surface area contributed by atoms with E-state index in [0.717, 1.165) is 0 Å². The number of thiophene rings is 1. The second-order valence-corrected chi connectivity index (χ2v) is 4.32. The molecule has 0 amide bonds. The van der Waals surface area contributed by atoms with Gasteiger partial charge < -0.3 is 4.74 Å². The van der Waals surface area contributed by atoms with Gasteiger partial charge in [0, 0.05) is 6.26 Å². The van der Waals surface area contributed by atoms with Crippen molar-refractivity contribution in [2.24, 2.45) is 0 Å². The van der Waals surface area contributed by atoms with Crippen LogP contribution < -0.4 is 0 Å². The van der Waals surface area contributed by atoms with Crippen LogP contribution in [0.25, 0.3) is 0 Å². The molecule has 1 heterocycles. The van der Waals surface area contributed by atoms with Crippen molar-refractivity contribution in [2.45, 2.75) is 4.90 Å². The summed E-state index contributed by atoms with van der Waals surface area (Å²) in [6.45, 7) is 0. The standard InChI is InChI=1S/C7H8O3S2/c1-10-7(8)6-5(12(2)9)3-4-11-6/h3-4H,1-2H3/t12-/m1/s1. The van der Waals surface area contributed by atoms with E-state index < -0.39 is 16.8 Å². The van der Waals surface area contributed by atoms with Crippen LogP contribution >= 0.6 is 11.3 Å². The van der Waals surface area contributed by atoms with Crippen molar-refractivity contribution in [2.75, 3.05) is 13.4 Å². The lowest BCUT2D eigenvalue weighted by Crippen LogP contribution is -2.02. The van der Waals surface area contributed by atoms with Crippen LogP contribution in [-0.2, 0) is 15.5 Å². The van der Waals surface area contributed by atoms with Crippen LogP contribution in [0, 0.1) is 0 Å². The third kappa shape index (κ3) is 1.73. The normalized spacial score (nSPS) is 12.5. The SMILES string of the molecule is COC(=O)c1sccc1[S@@](C)=O. The molecule has 0 spiro atoms. The van der Waals surface area contributed by atoms with Gasteiger partial charge in [0.2, 0.25) is 0 Å². The molecule has 1 atom stereocenters. The van der Waals surface area contributed by atoms with Crippen LogP contribution in [0.15, 0.2) is 16.3 Å². The maximum Gasteiger partial charge on any atom is 0.349 e. The highest BCUT2D eigenvalue weighted by atomic mass is 32.2. The van der Waals surface area contributed by atoms with E-state index in [9.17, 15) is 9.00 Å². The fourth-order valence-corrected chi connectivity index (χ4v) is 2.66. The lowest BCUT2D eigenvalue weighted by Gasteiger charge is -1.97. The zero-order valence-electron chi connectivity index (χ0n) is 6.70. The largest absolute Gasteiger partial charge is 0.465 e. The topological polar surface area (TPSA) is 43.4 Å². The molecule has 0 bridgehead atoms. The van der Waals surface area contributed by atoms with Gasteiger partial charge in [0.1, 0.15) is 4.88 Å². The Labute approximate surface area is 76.8 Å². The summed E-state index contributed by atoms with van der Waals surface area (Å²) in [5, 5.41) is 1.73. The van der Waals surface area contributed by atoms with Gasteiger partial charge in [-0.2, -0.15) is 0 Å². The molecular weight excluding hydrogens is 196 g/mol. The Bertz CT molecular complexity index is 316. The van der Waals surface area contributed by atoms with Gasteiger partial charge in [-0.1, -0.05) is 0 Å². The Balaban J connectivity index is 3.07. The van der Waals surface area contributed by atoms with Gasteiger partial charge in [-0.15, -0.1) is 11.3 Å². The van der Waals surface area contributed by atoms with Crippen molar-refractivity contribution in [3.8, 4) is 0 Å². The number of esters is 1. The third-order valence-corrected chi connectivity index (χ3v) is 3.29. The second-order valence-electron chi connectivity index (χ2n) is 2.06. The minimum Gasteiger partial charge on any atom is -0.465 e. The fourth-order valence-electron chi connectivity index (χ4n) is 0.765. The molecule has 0 aliphatic heterocycles. The van der Waals surface area contributed by atoms with Crippen LogP contribution in [-0.4, -0.2) is 23.5 Å². The van der Waals surface area contributed by atoms with Crippen molar-refractivity contribution >= 4 is 28.1 Å². The Morgan fingerprint density at radius 3 is 2.83 bits per heavy atom. The average molecular weight is 204 g/mol. The maximum atomic E-state index is 11.1. The van der Waals surface area contributed by atoms with E-state index in [1.807, 2.05) is 0 Å². The van der Waals surface area contributed by atoms with E-state index in [1.165, 1.54) is 24.7 Å². The van der Waals surface area contributed by atoms with E-state index in [-0.39, 0.29) is 0 Å². The molecule has 1 rings (SSSR count). The Morgan fingerprint density at radius 2 is 2.33 bits per heavy atom. The highest BCUT2D eigenvalue weighted by molar-refractivity contribution is 7.84. The summed E-state index contributed by atoms with van der Waals surface area (Å²) in [6.07, 6.45) is 1.54. The van der Waals surface area contributed by atoms with Gasteiger partial charge in [-0.05, 0) is 11.4 Å². The van der Waals surface area contributed by atoms with Crippen LogP contribution in [0.4, 0.5) is 0 Å². The lowest BCUT2D eigenvalue weighted by atomic mass is 10.5. The highest BCUT2D eigenvalue weighted by Gasteiger charge is 2.15. The van der Waals surface area contributed by atoms with Gasteiger partial charge in [-0.3, -0.25) is 4.21 Å². The minimum absolute atomic E-state index is 0.421. The molecule has 0 saturated heterocycles. The molecule has 12 heavy (non-hydrogen) atoms. The van der Waals surface area contributed by atoms with Gasteiger partial charge >= 0.3 is 5.97 Å². The smallest absolute Gasteiger partial charge is 0.349 e. The molecule has 1 aromatic rings. The third-order valence-electron chi connectivity index (χ3n) is 1.31. The van der Waals surface area contributed by atoms with Crippen LogP contribution in [0.5, 0.6) is 0 Å². The summed E-state index contributed by atoms with van der Waals surface area (Å²) < 4.78 is 15.6. The molecule has 0 N–H and O–H groups in total. The first kappa shape index (κ1) is 9.41. The predicted molar refractivity (Wildman–Crippen MR) is 48.0 cm³/mol. The summed E-state index contributed by atoms with van der Waals surface area (Å²) in [7, 11) is 0.188. The molecule has 0 aromatic carbocycles. The molecular formula is C7H8O3S2. The molecule has 0 radical (unpaired) electrons. The summed E-state index contributed by atoms with van der Waals surface area (Å²) in [5.41, 5.74) is 0. The molecule has 0 aliphatic carbocycles. The van der Waals surface area contributed by atoms with Crippen molar-refractivity contribution in [3.63, 3.8) is 0 Å². The number of carbonyl (C=O) groups is 1. The molecule has 0 fully saturated rings. The Morgan fingerprint density at radius 1 is 1.67 bits per heavy atom. The van der Waals surface area contributed by atoms with Crippen LogP contribution in [0.1, 0.15) is 9.67 Å². The Hall–Kier alpha value is -0.680. The monoisotopic (exact) mass is 204 g/mol. The molecule has 0 saturated carbocycles. The average Bonchev–Trinajstić information content (AvgIpc) is 2.50. The molecule has 3 nitrogen and oxygen atoms in total. The van der Waals surface area contributed by atoms with Crippen molar-refractivity contribution in [1.82, 2.24) is 0 Å². The maximum absolute atomic E-state index is 11.1. The van der Waals surface area contributed by atoms with E-state index in [2.05, 4.69) is 4.74 Å². The van der Waals surface area contributed by atoms with Gasteiger partial charge in [0.25, 0.3) is 0 Å². The quantitative estimate of drug-likeness (QED) is 0.681. The molecule has 0 unspecified atom stereocenters. The van der Waals surface area contributed by atoms with Crippen molar-refractivity contribution < 1.29 is 13.7 Å². The first-order chi connectivity index (χ1) is 5.66. The van der Waals surface area contributed by atoms with E-state index >= 15 is 0 Å². The van der Waals surface area contributed by atoms with Gasteiger partial charge in [-0.25, -0.2) is 4.79 Å². The summed E-state index contributed by atoms with van der Waals surface area (Å²) in [6, 6.07) is 1.67. The number of ether oxygens (including phenoxy) is 1. The van der Waals surface area contributed by atoms with Crippen LogP contribution in [0.3, 0.4) is 0 Å². The fraction of sp³-hybridized carbons (Fsp3) is 0.286. The Kier molecular flexibility index (Phi) is 2.99. The molecule has 5 heteroatoms. The van der Waals surface area contributed by atoms with E-state index in [0.29, 0.717) is 9.77 Å². The van der Waals surface area contributed by atoms with Crippen molar-refractivity contribution in [1.29, 1.82) is 0 Å². The van der Waals surface area contributed by atoms with Crippen molar-refractivity contribution in [3.05, 3.63) is 16.3 Å². The zero-order valence-corrected chi connectivity index (χ0v) is 8.33. The lowest BCUT2D eigenvalue weighted by molar-refractivity contribution is 0.0602. The molecule has 66 valence electrons. The second kappa shape index (κ2) is 3.82. The first-order valence-electron chi connectivity index (χ1n) is 3.16. The predicted octanol–water partition coefficient (Wildman–Crippen LogP) is 1.27. The van der Waals surface area contributed by atoms with E-state index in [4.69, 9.17) is 0 Å². The summed E-state index contributed by atoms with van der Waals surface area (Å²) in [4.78, 5) is 12.0. The van der Waals surface area contributed by atoms with E-state index in [1.54, 1.807) is 11.4 Å². The minimum atomic E-state index is -1.12. The molecule has 0 aliphatic rings. The number of hydrogen-bond acceptors (Lipinski definition) is 4. The van der Waals surface area contributed by atoms with Gasteiger partial charge in [0.05, 0.1) is 22.8 Å². The number of carbonyl (C=O) groups excluding carboxylic acids is 1. The zero-order chi connectivity index (χ0) is 9.14. The first-order valence-corrected chi connectivity index (χ1v) is 5.60. The molecule has 1 aromatic heterocycles.